The highest BCUT2D eigenvalue weighted by atomic mass is 32.2. The fourth-order valence-electron chi connectivity index (χ4n) is 4.79. The number of nitrogens with one attached hydrogen (secondary N) is 1. The van der Waals surface area contributed by atoms with Crippen molar-refractivity contribution in [2.75, 3.05) is 0 Å². The van der Waals surface area contributed by atoms with Gasteiger partial charge in [0.1, 0.15) is 6.61 Å². The summed E-state index contributed by atoms with van der Waals surface area (Å²) >= 11 is 1.47. The SMILES string of the molecule is CC1=C(C(=O)OCc2ccccc2)[C@@H](c2ccc(C)cc2C)N2C(CC(=O)NCc3ccncc3)=CSC2=N1. The molecule has 2 aliphatic heterocycles. The Labute approximate surface area is 232 Å². The van der Waals surface area contributed by atoms with E-state index in [4.69, 9.17) is 9.73 Å². The number of benzene rings is 2. The van der Waals surface area contributed by atoms with Crippen molar-refractivity contribution in [1.82, 2.24) is 15.2 Å². The number of rotatable bonds is 8. The van der Waals surface area contributed by atoms with Gasteiger partial charge in [-0.05, 0) is 60.6 Å². The molecule has 3 heterocycles. The van der Waals surface area contributed by atoms with Crippen LogP contribution in [0.4, 0.5) is 0 Å². The largest absolute Gasteiger partial charge is 0.457 e. The molecule has 198 valence electrons. The molecular formula is C31H30N4O3S. The van der Waals surface area contributed by atoms with Crippen LogP contribution in [0.25, 0.3) is 0 Å². The third kappa shape index (κ3) is 5.96. The highest BCUT2D eigenvalue weighted by Gasteiger charge is 2.41. The van der Waals surface area contributed by atoms with E-state index in [9.17, 15) is 9.59 Å². The number of carbonyl (C=O) groups excluding carboxylic acids is 2. The molecular weight excluding hydrogens is 508 g/mol. The van der Waals surface area contributed by atoms with E-state index >= 15 is 0 Å². The van der Waals surface area contributed by atoms with Gasteiger partial charge >= 0.3 is 5.97 Å². The number of aryl methyl sites for hydroxylation is 2. The van der Waals surface area contributed by atoms with Crippen LogP contribution in [0.15, 0.2) is 100 Å². The number of pyridine rings is 1. The fraction of sp³-hybridized carbons (Fsp3) is 0.226. The molecule has 3 aromatic rings. The van der Waals surface area contributed by atoms with Gasteiger partial charge < -0.3 is 15.0 Å². The number of esters is 1. The second-order valence-corrected chi connectivity index (χ2v) is 10.5. The van der Waals surface area contributed by atoms with Crippen molar-refractivity contribution >= 4 is 28.8 Å². The molecule has 0 bridgehead atoms. The molecule has 0 saturated carbocycles. The molecule has 5 rings (SSSR count). The monoisotopic (exact) mass is 538 g/mol. The summed E-state index contributed by atoms with van der Waals surface area (Å²) in [7, 11) is 0. The van der Waals surface area contributed by atoms with Gasteiger partial charge in [0, 0.05) is 24.6 Å². The van der Waals surface area contributed by atoms with Gasteiger partial charge in [-0.15, -0.1) is 0 Å². The molecule has 2 aliphatic rings. The number of hydrogen-bond donors (Lipinski definition) is 1. The van der Waals surface area contributed by atoms with Crippen molar-refractivity contribution in [1.29, 1.82) is 0 Å². The molecule has 0 unspecified atom stereocenters. The van der Waals surface area contributed by atoms with Gasteiger partial charge in [-0.25, -0.2) is 9.79 Å². The van der Waals surface area contributed by atoms with Crippen LogP contribution in [0.3, 0.4) is 0 Å². The van der Waals surface area contributed by atoms with E-state index in [0.29, 0.717) is 17.8 Å². The smallest absolute Gasteiger partial charge is 0.338 e. The summed E-state index contributed by atoms with van der Waals surface area (Å²) in [6, 6.07) is 19.1. The van der Waals surface area contributed by atoms with Crippen LogP contribution in [-0.4, -0.2) is 26.9 Å². The Kier molecular flexibility index (Phi) is 7.93. The van der Waals surface area contributed by atoms with Crippen LogP contribution in [0.5, 0.6) is 0 Å². The predicted octanol–water partition coefficient (Wildman–Crippen LogP) is 5.72. The van der Waals surface area contributed by atoms with Gasteiger partial charge in [-0.3, -0.25) is 9.78 Å². The lowest BCUT2D eigenvalue weighted by atomic mass is 9.90. The normalized spacial score (nSPS) is 16.4. The molecule has 0 saturated heterocycles. The van der Waals surface area contributed by atoms with Crippen LogP contribution in [0.2, 0.25) is 0 Å². The quantitative estimate of drug-likeness (QED) is 0.369. The highest BCUT2D eigenvalue weighted by Crippen LogP contribution is 2.45. The summed E-state index contributed by atoms with van der Waals surface area (Å²) in [5.74, 6) is -0.527. The van der Waals surface area contributed by atoms with Crippen LogP contribution >= 0.6 is 11.8 Å². The molecule has 1 amide bonds. The minimum absolute atomic E-state index is 0.112. The van der Waals surface area contributed by atoms with Gasteiger partial charge in [0.2, 0.25) is 5.91 Å². The summed E-state index contributed by atoms with van der Waals surface area (Å²) in [5, 5.41) is 5.68. The summed E-state index contributed by atoms with van der Waals surface area (Å²) in [6.45, 7) is 6.52. The Bertz CT molecular complexity index is 1480. The molecule has 0 spiro atoms. The maximum atomic E-state index is 13.6. The number of thioether (sulfide) groups is 1. The van der Waals surface area contributed by atoms with Crippen molar-refractivity contribution in [3.8, 4) is 0 Å². The van der Waals surface area contributed by atoms with Gasteiger partial charge in [-0.1, -0.05) is 65.9 Å². The summed E-state index contributed by atoms with van der Waals surface area (Å²) in [4.78, 5) is 37.4. The zero-order chi connectivity index (χ0) is 27.4. The van der Waals surface area contributed by atoms with E-state index in [1.165, 1.54) is 11.8 Å². The number of amides is 1. The number of fused-ring (bicyclic) bond motifs is 1. The lowest BCUT2D eigenvalue weighted by molar-refractivity contribution is -0.141. The van der Waals surface area contributed by atoms with Crippen molar-refractivity contribution in [3.63, 3.8) is 0 Å². The molecule has 39 heavy (non-hydrogen) atoms. The number of amidine groups is 1. The number of aliphatic imine (C=N–C) groups is 1. The van der Waals surface area contributed by atoms with E-state index in [2.05, 4.69) is 22.4 Å². The molecule has 7 nitrogen and oxygen atoms in total. The van der Waals surface area contributed by atoms with Crippen LogP contribution < -0.4 is 5.32 Å². The van der Waals surface area contributed by atoms with E-state index in [0.717, 1.165) is 38.7 Å². The Morgan fingerprint density at radius 2 is 1.77 bits per heavy atom. The van der Waals surface area contributed by atoms with Crippen molar-refractivity contribution in [2.45, 2.75) is 46.4 Å². The molecule has 0 fully saturated rings. The summed E-state index contributed by atoms with van der Waals surface area (Å²) in [6.07, 6.45) is 3.56. The van der Waals surface area contributed by atoms with E-state index in [1.54, 1.807) is 12.4 Å². The second-order valence-electron chi connectivity index (χ2n) is 9.62. The Balaban J connectivity index is 1.43. The first kappa shape index (κ1) is 26.4. The zero-order valence-electron chi connectivity index (χ0n) is 22.2. The third-order valence-electron chi connectivity index (χ3n) is 6.73. The van der Waals surface area contributed by atoms with Crippen LogP contribution in [0.1, 0.15) is 47.2 Å². The average Bonchev–Trinajstić information content (AvgIpc) is 3.33. The number of aromatic nitrogens is 1. The van der Waals surface area contributed by atoms with Gasteiger partial charge in [0.15, 0.2) is 5.17 Å². The van der Waals surface area contributed by atoms with Crippen molar-refractivity contribution in [3.05, 3.63) is 123 Å². The molecule has 1 N–H and O–H groups in total. The number of ether oxygens (including phenoxy) is 1. The Morgan fingerprint density at radius 3 is 2.51 bits per heavy atom. The third-order valence-corrected chi connectivity index (χ3v) is 7.62. The first-order valence-electron chi connectivity index (χ1n) is 12.8. The maximum absolute atomic E-state index is 13.6. The number of allylic oxidation sites excluding steroid dienone is 1. The van der Waals surface area contributed by atoms with E-state index in [1.807, 2.05) is 79.6 Å². The minimum atomic E-state index is -0.462. The molecule has 1 aromatic heterocycles. The molecule has 1 atom stereocenters. The molecule has 0 radical (unpaired) electrons. The average molecular weight is 539 g/mol. The Hall–Kier alpha value is -4.17. The standard InChI is InChI=1S/C31H30N4O3S/c1-20-9-10-26(21(2)15-20)29-28(30(37)38-18-24-7-5-4-6-8-24)22(3)34-31-35(29)25(19-39-31)16-27(36)33-17-23-11-13-32-14-12-23/h4-15,19,29H,16-18H2,1-3H3,(H,33,36)/t29-/m1/s1. The number of hydrogen-bond acceptors (Lipinski definition) is 7. The van der Waals surface area contributed by atoms with E-state index in [-0.39, 0.29) is 18.9 Å². The van der Waals surface area contributed by atoms with Gasteiger partial charge in [-0.2, -0.15) is 0 Å². The zero-order valence-corrected chi connectivity index (χ0v) is 23.0. The molecule has 8 heteroatoms. The van der Waals surface area contributed by atoms with E-state index < -0.39 is 12.0 Å². The number of carbonyl (C=O) groups is 2. The fourth-order valence-corrected chi connectivity index (χ4v) is 5.75. The van der Waals surface area contributed by atoms with Crippen molar-refractivity contribution in [2.24, 2.45) is 4.99 Å². The second kappa shape index (κ2) is 11.7. The predicted molar refractivity (Wildman–Crippen MR) is 153 cm³/mol. The molecule has 0 aliphatic carbocycles. The van der Waals surface area contributed by atoms with Gasteiger partial charge in [0.25, 0.3) is 0 Å². The first-order valence-corrected chi connectivity index (χ1v) is 13.7. The lowest BCUT2D eigenvalue weighted by Gasteiger charge is -2.37. The van der Waals surface area contributed by atoms with Crippen LogP contribution in [0, 0.1) is 13.8 Å². The van der Waals surface area contributed by atoms with Gasteiger partial charge in [0.05, 0.1) is 23.7 Å². The summed E-state index contributed by atoms with van der Waals surface area (Å²) < 4.78 is 5.80. The van der Waals surface area contributed by atoms with Crippen LogP contribution in [-0.2, 0) is 27.5 Å². The first-order chi connectivity index (χ1) is 18.9. The topological polar surface area (TPSA) is 83.9 Å². The van der Waals surface area contributed by atoms with Crippen molar-refractivity contribution < 1.29 is 14.3 Å². The minimum Gasteiger partial charge on any atom is -0.457 e. The number of nitrogens with zero attached hydrogens (tertiary/aromatic N) is 3. The lowest BCUT2D eigenvalue weighted by Crippen LogP contribution is -2.38. The summed E-state index contributed by atoms with van der Waals surface area (Å²) in [5.41, 5.74) is 6.94. The molecule has 2 aromatic carbocycles. The maximum Gasteiger partial charge on any atom is 0.338 e. The Morgan fingerprint density at radius 1 is 1.00 bits per heavy atom. The highest BCUT2D eigenvalue weighted by molar-refractivity contribution is 8.16.